The molecule has 1 aromatic carbocycles. The third kappa shape index (κ3) is 1.80. The second-order valence-corrected chi connectivity index (χ2v) is 4.26. The van der Waals surface area contributed by atoms with Crippen molar-refractivity contribution in [2.24, 2.45) is 0 Å². The van der Waals surface area contributed by atoms with E-state index in [4.69, 9.17) is 16.3 Å². The zero-order chi connectivity index (χ0) is 12.5. The Morgan fingerprint density at radius 2 is 2.22 bits per heavy atom. The highest BCUT2D eigenvalue weighted by atomic mass is 35.5. The number of aromatic nitrogens is 1. The number of carbonyl (C=O) groups is 1. The van der Waals surface area contributed by atoms with Gasteiger partial charge in [0.05, 0.1) is 10.7 Å². The largest absolute Gasteiger partial charge is 0.480 e. The summed E-state index contributed by atoms with van der Waals surface area (Å²) in [7, 11) is 0. The van der Waals surface area contributed by atoms with E-state index in [0.29, 0.717) is 16.5 Å². The summed E-state index contributed by atoms with van der Waals surface area (Å²) in [6.07, 6.45) is 3.43. The Kier molecular flexibility index (Phi) is 2.64. The molecule has 4 nitrogen and oxygen atoms in total. The van der Waals surface area contributed by atoms with Crippen molar-refractivity contribution in [3.8, 4) is 16.9 Å². The van der Waals surface area contributed by atoms with E-state index in [2.05, 4.69) is 10.3 Å². The number of hydrogen-bond acceptors (Lipinski definition) is 3. The molecule has 0 fully saturated rings. The van der Waals surface area contributed by atoms with Gasteiger partial charge in [-0.15, -0.1) is 0 Å². The number of pyridine rings is 1. The van der Waals surface area contributed by atoms with Gasteiger partial charge in [-0.2, -0.15) is 0 Å². The fraction of sp³-hybridized carbons (Fsp3) is 0.0769. The molecule has 0 aliphatic carbocycles. The second-order valence-electron chi connectivity index (χ2n) is 3.88. The van der Waals surface area contributed by atoms with Crippen molar-refractivity contribution in [1.29, 1.82) is 0 Å². The van der Waals surface area contributed by atoms with Gasteiger partial charge >= 0.3 is 0 Å². The van der Waals surface area contributed by atoms with Gasteiger partial charge in [-0.25, -0.2) is 0 Å². The third-order valence-electron chi connectivity index (χ3n) is 2.69. The maximum absolute atomic E-state index is 11.2. The minimum atomic E-state index is -0.173. The van der Waals surface area contributed by atoms with Gasteiger partial charge < -0.3 is 10.1 Å². The number of carbonyl (C=O) groups excluding carboxylic acids is 1. The van der Waals surface area contributed by atoms with Crippen LogP contribution in [0, 0.1) is 0 Å². The first-order chi connectivity index (χ1) is 8.75. The predicted molar refractivity (Wildman–Crippen MR) is 68.8 cm³/mol. The molecule has 1 aliphatic heterocycles. The predicted octanol–water partition coefficient (Wildman–Crippen LogP) is 2.73. The lowest BCUT2D eigenvalue weighted by atomic mass is 10.1. The van der Waals surface area contributed by atoms with E-state index in [1.165, 1.54) is 0 Å². The maximum Gasteiger partial charge on any atom is 0.262 e. The van der Waals surface area contributed by atoms with E-state index in [9.17, 15) is 4.79 Å². The third-order valence-corrected chi connectivity index (χ3v) is 3.07. The zero-order valence-corrected chi connectivity index (χ0v) is 10.1. The number of anilines is 1. The molecule has 0 bridgehead atoms. The number of benzene rings is 1. The summed E-state index contributed by atoms with van der Waals surface area (Å²) in [6.45, 7) is -0.0107. The molecular weight excluding hydrogens is 252 g/mol. The van der Waals surface area contributed by atoms with Crippen molar-refractivity contribution >= 4 is 23.2 Å². The highest BCUT2D eigenvalue weighted by Crippen LogP contribution is 2.41. The lowest BCUT2D eigenvalue weighted by Crippen LogP contribution is -2.25. The molecule has 1 amide bonds. The summed E-state index contributed by atoms with van der Waals surface area (Å²) >= 11 is 6.30. The minimum absolute atomic E-state index is 0.0107. The Morgan fingerprint density at radius 3 is 3.00 bits per heavy atom. The molecule has 1 N–H and O–H groups in total. The highest BCUT2D eigenvalue weighted by Gasteiger charge is 2.21. The lowest BCUT2D eigenvalue weighted by molar-refractivity contribution is -0.118. The van der Waals surface area contributed by atoms with Crippen LogP contribution in [0.2, 0.25) is 5.02 Å². The topological polar surface area (TPSA) is 51.2 Å². The monoisotopic (exact) mass is 260 g/mol. The molecule has 18 heavy (non-hydrogen) atoms. The number of hydrogen-bond donors (Lipinski definition) is 1. The summed E-state index contributed by atoms with van der Waals surface area (Å²) in [6, 6.07) is 7.38. The van der Waals surface area contributed by atoms with E-state index in [0.717, 1.165) is 11.1 Å². The summed E-state index contributed by atoms with van der Waals surface area (Å²) in [4.78, 5) is 15.3. The molecule has 90 valence electrons. The molecule has 2 aromatic rings. The zero-order valence-electron chi connectivity index (χ0n) is 9.31. The van der Waals surface area contributed by atoms with E-state index in [1.54, 1.807) is 18.5 Å². The molecule has 1 aromatic heterocycles. The molecule has 0 unspecified atom stereocenters. The van der Waals surface area contributed by atoms with E-state index < -0.39 is 0 Å². The van der Waals surface area contributed by atoms with Gasteiger partial charge in [0.1, 0.15) is 0 Å². The number of fused-ring (bicyclic) bond motifs is 1. The average molecular weight is 261 g/mol. The van der Waals surface area contributed by atoms with Crippen molar-refractivity contribution in [3.63, 3.8) is 0 Å². The quantitative estimate of drug-likeness (QED) is 0.858. The van der Waals surface area contributed by atoms with Crippen molar-refractivity contribution in [1.82, 2.24) is 4.98 Å². The summed E-state index contributed by atoms with van der Waals surface area (Å²) < 4.78 is 5.36. The second kappa shape index (κ2) is 4.31. The molecule has 0 saturated carbocycles. The number of ether oxygens (including phenoxy) is 1. The Labute approximate surface area is 109 Å². The molecule has 0 saturated heterocycles. The lowest BCUT2D eigenvalue weighted by Gasteiger charge is -2.20. The van der Waals surface area contributed by atoms with Gasteiger partial charge in [0.15, 0.2) is 12.4 Å². The average Bonchev–Trinajstić information content (AvgIpc) is 2.40. The van der Waals surface area contributed by atoms with E-state index >= 15 is 0 Å². The molecule has 3 rings (SSSR count). The molecule has 5 heteroatoms. The van der Waals surface area contributed by atoms with Crippen LogP contribution in [-0.2, 0) is 4.79 Å². The normalized spacial score (nSPS) is 13.5. The SMILES string of the molecule is O=C1COc2c(ccc(-c3cccnc3)c2Cl)N1. The number of nitrogens with zero attached hydrogens (tertiary/aromatic N) is 1. The van der Waals surface area contributed by atoms with Crippen LogP contribution in [0.25, 0.3) is 11.1 Å². The number of halogens is 1. The summed E-state index contributed by atoms with van der Waals surface area (Å²) in [5.74, 6) is 0.338. The summed E-state index contributed by atoms with van der Waals surface area (Å²) in [5, 5.41) is 3.20. The van der Waals surface area contributed by atoms with Gasteiger partial charge in [-0.3, -0.25) is 9.78 Å². The van der Waals surface area contributed by atoms with Crippen molar-refractivity contribution in [3.05, 3.63) is 41.7 Å². The first-order valence-corrected chi connectivity index (χ1v) is 5.79. The Balaban J connectivity index is 2.12. The van der Waals surface area contributed by atoms with Crippen LogP contribution in [-0.4, -0.2) is 17.5 Å². The van der Waals surface area contributed by atoms with Gasteiger partial charge in [0, 0.05) is 23.5 Å². The fourth-order valence-electron chi connectivity index (χ4n) is 1.86. The maximum atomic E-state index is 11.2. The number of rotatable bonds is 1. The number of nitrogens with one attached hydrogen (secondary N) is 1. The van der Waals surface area contributed by atoms with Crippen molar-refractivity contribution < 1.29 is 9.53 Å². The minimum Gasteiger partial charge on any atom is -0.480 e. The van der Waals surface area contributed by atoms with Crippen molar-refractivity contribution in [2.45, 2.75) is 0 Å². The highest BCUT2D eigenvalue weighted by molar-refractivity contribution is 6.35. The number of amides is 1. The van der Waals surface area contributed by atoms with E-state index in [-0.39, 0.29) is 12.5 Å². The smallest absolute Gasteiger partial charge is 0.262 e. The first kappa shape index (κ1) is 11.0. The Morgan fingerprint density at radius 1 is 1.33 bits per heavy atom. The van der Waals surface area contributed by atoms with Crippen molar-refractivity contribution in [2.75, 3.05) is 11.9 Å². The van der Waals surface area contributed by atoms with Gasteiger partial charge in [0.25, 0.3) is 5.91 Å². The molecule has 2 heterocycles. The Bertz CT molecular complexity index is 614. The molecule has 1 aliphatic rings. The molecular formula is C13H9ClN2O2. The van der Waals surface area contributed by atoms with Gasteiger partial charge in [0.2, 0.25) is 0 Å². The van der Waals surface area contributed by atoms with Crippen LogP contribution in [0.1, 0.15) is 0 Å². The molecule has 0 atom stereocenters. The fourth-order valence-corrected chi connectivity index (χ4v) is 2.19. The van der Waals surface area contributed by atoms with Crippen LogP contribution in [0.5, 0.6) is 5.75 Å². The van der Waals surface area contributed by atoms with Crippen LogP contribution in [0.15, 0.2) is 36.7 Å². The van der Waals surface area contributed by atoms with Crippen LogP contribution >= 0.6 is 11.6 Å². The first-order valence-electron chi connectivity index (χ1n) is 5.41. The standard InChI is InChI=1S/C13H9ClN2O2/c14-12-9(8-2-1-5-15-6-8)3-4-10-13(12)18-7-11(17)16-10/h1-6H,7H2,(H,16,17). The van der Waals surface area contributed by atoms with Crippen LogP contribution < -0.4 is 10.1 Å². The summed E-state index contributed by atoms with van der Waals surface area (Å²) in [5.41, 5.74) is 2.34. The molecule has 0 radical (unpaired) electrons. The molecule has 0 spiro atoms. The van der Waals surface area contributed by atoms with Crippen LogP contribution in [0.4, 0.5) is 5.69 Å². The van der Waals surface area contributed by atoms with Gasteiger partial charge in [-0.1, -0.05) is 23.7 Å². The van der Waals surface area contributed by atoms with Crippen LogP contribution in [0.3, 0.4) is 0 Å². The Hall–Kier alpha value is -2.07. The van der Waals surface area contributed by atoms with Gasteiger partial charge in [-0.05, 0) is 12.1 Å². The van der Waals surface area contributed by atoms with E-state index in [1.807, 2.05) is 18.2 Å².